The molecular formula is C42H42N2O8. The molecule has 2 heterocycles. The molecule has 4 amide bonds. The molecule has 0 aromatic heterocycles. The molecule has 0 unspecified atom stereocenters. The van der Waals surface area contributed by atoms with E-state index < -0.39 is 42.0 Å². The summed E-state index contributed by atoms with van der Waals surface area (Å²) in [5.74, 6) is -0.278. The molecule has 2 fully saturated rings. The van der Waals surface area contributed by atoms with Crippen LogP contribution in [-0.4, -0.2) is 73.3 Å². The van der Waals surface area contributed by atoms with E-state index in [0.29, 0.717) is 29.9 Å². The summed E-state index contributed by atoms with van der Waals surface area (Å²) < 4.78 is 21.5. The van der Waals surface area contributed by atoms with Crippen LogP contribution in [-0.2, 0) is 44.7 Å². The number of carbonyl (C=O) groups excluding carboxylic acids is 4. The molecule has 2 aliphatic rings. The number of amides is 4. The van der Waals surface area contributed by atoms with Crippen LogP contribution >= 0.6 is 0 Å². The van der Waals surface area contributed by atoms with E-state index >= 15 is 0 Å². The molecule has 0 bridgehead atoms. The molecule has 6 rings (SSSR count). The van der Waals surface area contributed by atoms with Gasteiger partial charge in [-0.05, 0) is 72.2 Å². The third-order valence-corrected chi connectivity index (χ3v) is 9.47. The third kappa shape index (κ3) is 8.69. The summed E-state index contributed by atoms with van der Waals surface area (Å²) in [5, 5.41) is 0. The lowest BCUT2D eigenvalue weighted by Crippen LogP contribution is -2.44. The van der Waals surface area contributed by atoms with Crippen molar-refractivity contribution in [2.24, 2.45) is 5.92 Å². The summed E-state index contributed by atoms with van der Waals surface area (Å²) in [5.41, 5.74) is 3.95. The van der Waals surface area contributed by atoms with Gasteiger partial charge in [-0.15, -0.1) is 0 Å². The van der Waals surface area contributed by atoms with E-state index in [1.54, 1.807) is 20.3 Å². The van der Waals surface area contributed by atoms with Crippen molar-refractivity contribution in [1.29, 1.82) is 0 Å². The minimum atomic E-state index is -0.735. The highest BCUT2D eigenvalue weighted by Gasteiger charge is 2.42. The quantitative estimate of drug-likeness (QED) is 0.135. The number of cyclic esters (lactones) is 2. The maximum Gasteiger partial charge on any atom is 0.417 e. The molecule has 10 heteroatoms. The van der Waals surface area contributed by atoms with E-state index in [-0.39, 0.29) is 32.5 Å². The molecule has 2 saturated heterocycles. The number of hydrogen-bond donors (Lipinski definition) is 0. The Labute approximate surface area is 303 Å². The van der Waals surface area contributed by atoms with Gasteiger partial charge in [0.05, 0.1) is 26.3 Å². The number of nitrogens with zero attached hydrogens (tertiary/aromatic N) is 2. The van der Waals surface area contributed by atoms with Gasteiger partial charge in [-0.2, -0.15) is 0 Å². The van der Waals surface area contributed by atoms with Crippen molar-refractivity contribution in [2.75, 3.05) is 27.4 Å². The van der Waals surface area contributed by atoms with Gasteiger partial charge in [0.25, 0.3) is 5.91 Å². The average molecular weight is 703 g/mol. The maximum absolute atomic E-state index is 14.4. The van der Waals surface area contributed by atoms with E-state index in [0.717, 1.165) is 22.3 Å². The lowest BCUT2D eigenvalue weighted by molar-refractivity contribution is -0.133. The predicted molar refractivity (Wildman–Crippen MR) is 194 cm³/mol. The van der Waals surface area contributed by atoms with Crippen molar-refractivity contribution in [3.05, 3.63) is 143 Å². The number of methoxy groups -OCH3 is 2. The van der Waals surface area contributed by atoms with Crippen molar-refractivity contribution in [2.45, 2.75) is 44.2 Å². The molecular weight excluding hydrogens is 660 g/mol. The van der Waals surface area contributed by atoms with Gasteiger partial charge in [0.1, 0.15) is 24.7 Å². The highest BCUT2D eigenvalue weighted by atomic mass is 16.6. The van der Waals surface area contributed by atoms with Gasteiger partial charge in [-0.25, -0.2) is 19.4 Å². The molecule has 10 nitrogen and oxygen atoms in total. The standard InChI is InChI=1S/C42H42N2O8/c1-49-37-19-13-31(14-20-37)23-33(39(45)43-35(27-51-41(43)47)25-29-9-5-3-6-10-29)17-18-34(24-32-15-21-38(50-2)22-16-32)40(46)44-36(28-52-42(44)48)26-30-11-7-4-8-12-30/h3-17,19-22,34-36H,18,23-28H2,1-2H3/t34-,35-,36-/m0/s1. The average Bonchev–Trinajstić information content (AvgIpc) is 3.73. The first-order valence-corrected chi connectivity index (χ1v) is 17.4. The smallest absolute Gasteiger partial charge is 0.417 e. The molecule has 0 radical (unpaired) electrons. The predicted octanol–water partition coefficient (Wildman–Crippen LogP) is 6.60. The van der Waals surface area contributed by atoms with Gasteiger partial charge in [-0.3, -0.25) is 9.59 Å². The minimum absolute atomic E-state index is 0.0771. The Kier molecular flexibility index (Phi) is 11.7. The topological polar surface area (TPSA) is 112 Å². The molecule has 0 saturated carbocycles. The van der Waals surface area contributed by atoms with Gasteiger partial charge < -0.3 is 18.9 Å². The summed E-state index contributed by atoms with van der Waals surface area (Å²) in [7, 11) is 3.16. The summed E-state index contributed by atoms with van der Waals surface area (Å²) in [6, 6.07) is 33.0. The third-order valence-electron chi connectivity index (χ3n) is 9.47. The first-order valence-electron chi connectivity index (χ1n) is 17.4. The van der Waals surface area contributed by atoms with Crippen LogP contribution in [0.1, 0.15) is 28.7 Å². The Morgan fingerprint density at radius 1 is 0.673 bits per heavy atom. The monoisotopic (exact) mass is 702 g/mol. The zero-order chi connectivity index (χ0) is 36.5. The molecule has 4 aromatic rings. The second-order valence-corrected chi connectivity index (χ2v) is 13.0. The van der Waals surface area contributed by atoms with Crippen molar-refractivity contribution < 1.29 is 38.1 Å². The fourth-order valence-electron chi connectivity index (χ4n) is 6.66. The van der Waals surface area contributed by atoms with Crippen LogP contribution in [0.25, 0.3) is 0 Å². The highest BCUT2D eigenvalue weighted by molar-refractivity contribution is 6.04. The number of ether oxygens (including phenoxy) is 4. The lowest BCUT2D eigenvalue weighted by Gasteiger charge is -2.25. The fourth-order valence-corrected chi connectivity index (χ4v) is 6.66. The Morgan fingerprint density at radius 3 is 1.67 bits per heavy atom. The summed E-state index contributed by atoms with van der Waals surface area (Å²) in [6.45, 7) is 0.166. The lowest BCUT2D eigenvalue weighted by atomic mass is 9.91. The number of rotatable bonds is 14. The largest absolute Gasteiger partial charge is 0.497 e. The first kappa shape index (κ1) is 35.9. The SMILES string of the molecule is COc1ccc(CC(=CC[C@@H](Cc2ccc(OC)cc2)C(=O)N2C(=O)OC[C@@H]2Cc2ccccc2)C(=O)N2C(=O)OC[C@@H]2Cc2ccccc2)cc1. The Morgan fingerprint density at radius 2 is 1.15 bits per heavy atom. The van der Waals surface area contributed by atoms with Crippen LogP contribution in [0.4, 0.5) is 9.59 Å². The van der Waals surface area contributed by atoms with Gasteiger partial charge in [0.2, 0.25) is 5.91 Å². The number of hydrogen-bond acceptors (Lipinski definition) is 8. The van der Waals surface area contributed by atoms with Crippen molar-refractivity contribution in [1.82, 2.24) is 9.80 Å². The van der Waals surface area contributed by atoms with E-state index in [1.807, 2.05) is 109 Å². The van der Waals surface area contributed by atoms with Crippen molar-refractivity contribution in [3.63, 3.8) is 0 Å². The molecule has 0 aliphatic carbocycles. The zero-order valence-corrected chi connectivity index (χ0v) is 29.3. The van der Waals surface area contributed by atoms with Crippen LogP contribution in [0.15, 0.2) is 121 Å². The molecule has 2 aliphatic heterocycles. The van der Waals surface area contributed by atoms with Gasteiger partial charge in [0.15, 0.2) is 0 Å². The molecule has 0 spiro atoms. The zero-order valence-electron chi connectivity index (χ0n) is 29.3. The Hall–Kier alpha value is -5.90. The molecule has 3 atom stereocenters. The van der Waals surface area contributed by atoms with E-state index in [1.165, 1.54) is 9.80 Å². The maximum atomic E-state index is 14.4. The molecule has 268 valence electrons. The number of benzene rings is 4. The molecule has 52 heavy (non-hydrogen) atoms. The minimum Gasteiger partial charge on any atom is -0.497 e. The Bertz CT molecular complexity index is 1880. The van der Waals surface area contributed by atoms with E-state index in [2.05, 4.69) is 0 Å². The Balaban J connectivity index is 1.32. The van der Waals surface area contributed by atoms with Gasteiger partial charge >= 0.3 is 12.2 Å². The highest BCUT2D eigenvalue weighted by Crippen LogP contribution is 2.28. The van der Waals surface area contributed by atoms with Crippen molar-refractivity contribution in [3.8, 4) is 11.5 Å². The first-order chi connectivity index (χ1) is 25.3. The van der Waals surface area contributed by atoms with E-state index in [4.69, 9.17) is 18.9 Å². The van der Waals surface area contributed by atoms with Gasteiger partial charge in [0, 0.05) is 17.9 Å². The van der Waals surface area contributed by atoms with E-state index in [9.17, 15) is 19.2 Å². The molecule has 4 aromatic carbocycles. The fraction of sp³-hybridized carbons (Fsp3) is 0.286. The second kappa shape index (κ2) is 16.9. The molecule has 0 N–H and O–H groups in total. The number of carbonyl (C=O) groups is 4. The van der Waals surface area contributed by atoms with Crippen molar-refractivity contribution >= 4 is 24.0 Å². The number of allylic oxidation sites excluding steroid dienone is 1. The second-order valence-electron chi connectivity index (χ2n) is 13.0. The van der Waals surface area contributed by atoms with Crippen LogP contribution in [0, 0.1) is 5.92 Å². The normalized spacial score (nSPS) is 17.8. The van der Waals surface area contributed by atoms with Gasteiger partial charge in [-0.1, -0.05) is 91.0 Å². The van der Waals surface area contributed by atoms with Crippen LogP contribution in [0.5, 0.6) is 11.5 Å². The van der Waals surface area contributed by atoms with Crippen LogP contribution in [0.2, 0.25) is 0 Å². The van der Waals surface area contributed by atoms with Crippen LogP contribution < -0.4 is 9.47 Å². The summed E-state index contributed by atoms with van der Waals surface area (Å²) >= 11 is 0. The summed E-state index contributed by atoms with van der Waals surface area (Å²) in [4.78, 5) is 57.5. The van der Waals surface area contributed by atoms with Crippen LogP contribution in [0.3, 0.4) is 0 Å². The summed E-state index contributed by atoms with van der Waals surface area (Å²) in [6.07, 6.45) is 1.82. The number of imide groups is 2.